The number of benzene rings is 1. The molecule has 0 aliphatic heterocycles. The highest BCUT2D eigenvalue weighted by Crippen LogP contribution is 2.12. The van der Waals surface area contributed by atoms with E-state index < -0.39 is 0 Å². The second kappa shape index (κ2) is 5.43. The van der Waals surface area contributed by atoms with E-state index in [9.17, 15) is 0 Å². The van der Waals surface area contributed by atoms with Crippen molar-refractivity contribution in [2.45, 2.75) is 6.54 Å². The van der Waals surface area contributed by atoms with Gasteiger partial charge in [0.25, 0.3) is 0 Å². The fourth-order valence-electron chi connectivity index (χ4n) is 1.73. The highest BCUT2D eigenvalue weighted by atomic mass is 127. The van der Waals surface area contributed by atoms with E-state index in [0.717, 1.165) is 11.1 Å². The van der Waals surface area contributed by atoms with Crippen molar-refractivity contribution in [1.82, 2.24) is 25.2 Å². The van der Waals surface area contributed by atoms with E-state index in [4.69, 9.17) is 0 Å². The number of hydrogen-bond donors (Lipinski definition) is 0. The first-order valence-electron chi connectivity index (χ1n) is 5.74. The number of hydrogen-bond acceptors (Lipinski definition) is 4. The molecule has 0 bridgehead atoms. The normalized spacial score (nSPS) is 10.6. The van der Waals surface area contributed by atoms with Crippen LogP contribution in [0.25, 0.3) is 11.4 Å². The lowest BCUT2D eigenvalue weighted by Crippen LogP contribution is -2.04. The van der Waals surface area contributed by atoms with Crippen molar-refractivity contribution >= 4 is 22.6 Å². The average molecular weight is 363 g/mol. The van der Waals surface area contributed by atoms with E-state index in [-0.39, 0.29) is 0 Å². The van der Waals surface area contributed by atoms with Gasteiger partial charge in [-0.15, -0.1) is 10.2 Å². The summed E-state index contributed by atoms with van der Waals surface area (Å²) in [6.07, 6.45) is 3.44. The average Bonchev–Trinajstić information content (AvgIpc) is 2.88. The summed E-state index contributed by atoms with van der Waals surface area (Å²) in [6.45, 7) is 0.620. The molecule has 0 spiro atoms. The van der Waals surface area contributed by atoms with Crippen LogP contribution in [0.5, 0.6) is 0 Å². The van der Waals surface area contributed by atoms with Gasteiger partial charge in [-0.25, -0.2) is 0 Å². The van der Waals surface area contributed by atoms with Gasteiger partial charge in [-0.1, -0.05) is 12.1 Å². The summed E-state index contributed by atoms with van der Waals surface area (Å²) in [5, 5.41) is 12.5. The molecule has 3 rings (SSSR count). The topological polar surface area (TPSA) is 56.5 Å². The molecule has 0 N–H and O–H groups in total. The van der Waals surface area contributed by atoms with Gasteiger partial charge >= 0.3 is 0 Å². The van der Waals surface area contributed by atoms with Gasteiger partial charge in [-0.3, -0.25) is 4.98 Å². The molecule has 3 aromatic rings. The van der Waals surface area contributed by atoms with E-state index in [1.807, 2.05) is 18.2 Å². The first kappa shape index (κ1) is 12.2. The molecule has 0 saturated carbocycles. The first-order chi connectivity index (χ1) is 9.31. The summed E-state index contributed by atoms with van der Waals surface area (Å²) >= 11 is 2.29. The summed E-state index contributed by atoms with van der Waals surface area (Å²) < 4.78 is 1.20. The van der Waals surface area contributed by atoms with Crippen molar-refractivity contribution in [3.63, 3.8) is 0 Å². The van der Waals surface area contributed by atoms with E-state index in [0.29, 0.717) is 12.4 Å². The van der Waals surface area contributed by atoms with Gasteiger partial charge in [0.2, 0.25) is 5.82 Å². The number of nitrogens with zero attached hydrogens (tertiary/aromatic N) is 5. The van der Waals surface area contributed by atoms with Gasteiger partial charge < -0.3 is 0 Å². The van der Waals surface area contributed by atoms with Crippen molar-refractivity contribution in [1.29, 1.82) is 0 Å². The number of aromatic nitrogens is 5. The summed E-state index contributed by atoms with van der Waals surface area (Å²) in [5.41, 5.74) is 2.08. The summed E-state index contributed by atoms with van der Waals surface area (Å²) in [5.74, 6) is 0.619. The monoisotopic (exact) mass is 363 g/mol. The molecule has 0 fully saturated rings. The van der Waals surface area contributed by atoms with Crippen LogP contribution in [0.4, 0.5) is 0 Å². The van der Waals surface area contributed by atoms with E-state index in [1.54, 1.807) is 17.2 Å². The molecular weight excluding hydrogens is 353 g/mol. The van der Waals surface area contributed by atoms with Gasteiger partial charge in [0.15, 0.2) is 0 Å². The third-order valence-corrected chi connectivity index (χ3v) is 3.28. The minimum atomic E-state index is 0.619. The van der Waals surface area contributed by atoms with Crippen molar-refractivity contribution in [3.05, 3.63) is 57.9 Å². The van der Waals surface area contributed by atoms with Gasteiger partial charge in [0.1, 0.15) is 0 Å². The van der Waals surface area contributed by atoms with Crippen LogP contribution in [0.2, 0.25) is 0 Å². The Morgan fingerprint density at radius 3 is 2.74 bits per heavy atom. The molecule has 0 saturated heterocycles. The van der Waals surface area contributed by atoms with Crippen LogP contribution in [-0.2, 0) is 6.54 Å². The van der Waals surface area contributed by atoms with Crippen molar-refractivity contribution in [2.24, 2.45) is 0 Å². The van der Waals surface area contributed by atoms with Crippen LogP contribution >= 0.6 is 22.6 Å². The lowest BCUT2D eigenvalue weighted by molar-refractivity contribution is 0.572. The molecule has 0 radical (unpaired) electrons. The first-order valence-corrected chi connectivity index (χ1v) is 6.82. The van der Waals surface area contributed by atoms with Gasteiger partial charge in [0.05, 0.1) is 6.54 Å². The van der Waals surface area contributed by atoms with Crippen molar-refractivity contribution < 1.29 is 0 Å². The van der Waals surface area contributed by atoms with Crippen LogP contribution in [0.1, 0.15) is 5.56 Å². The predicted molar refractivity (Wildman–Crippen MR) is 79.3 cm³/mol. The zero-order chi connectivity index (χ0) is 13.1. The quantitative estimate of drug-likeness (QED) is 0.671. The maximum atomic E-state index is 4.37. The second-order valence-corrected chi connectivity index (χ2v) is 5.25. The Labute approximate surface area is 123 Å². The SMILES string of the molecule is Ic1cccc(Cn2nnc(-c3ccncc3)n2)c1. The summed E-state index contributed by atoms with van der Waals surface area (Å²) in [4.78, 5) is 5.57. The van der Waals surface area contributed by atoms with Gasteiger partial charge in [-0.05, 0) is 57.6 Å². The van der Waals surface area contributed by atoms with Crippen LogP contribution < -0.4 is 0 Å². The number of halogens is 1. The molecule has 94 valence electrons. The minimum Gasteiger partial charge on any atom is -0.265 e. The van der Waals surface area contributed by atoms with Crippen molar-refractivity contribution in [3.8, 4) is 11.4 Å². The van der Waals surface area contributed by atoms with Crippen LogP contribution in [-0.4, -0.2) is 25.2 Å². The maximum absolute atomic E-state index is 4.37. The fourth-order valence-corrected chi connectivity index (χ4v) is 2.33. The lowest BCUT2D eigenvalue weighted by Gasteiger charge is -1.99. The smallest absolute Gasteiger partial charge is 0.205 e. The molecule has 1 aromatic carbocycles. The second-order valence-electron chi connectivity index (χ2n) is 4.01. The molecule has 2 heterocycles. The van der Waals surface area contributed by atoms with Crippen LogP contribution in [0, 0.1) is 3.57 Å². The van der Waals surface area contributed by atoms with Crippen molar-refractivity contribution in [2.75, 3.05) is 0 Å². The Bertz CT molecular complexity index is 680. The molecule has 0 aliphatic carbocycles. The van der Waals surface area contributed by atoms with E-state index >= 15 is 0 Å². The number of pyridine rings is 1. The van der Waals surface area contributed by atoms with Gasteiger partial charge in [0, 0.05) is 21.5 Å². The summed E-state index contributed by atoms with van der Waals surface area (Å²) in [7, 11) is 0. The molecule has 0 amide bonds. The summed E-state index contributed by atoms with van der Waals surface area (Å²) in [6, 6.07) is 12.0. The molecule has 0 aliphatic rings. The highest BCUT2D eigenvalue weighted by Gasteiger charge is 2.05. The lowest BCUT2D eigenvalue weighted by atomic mass is 10.2. The minimum absolute atomic E-state index is 0.619. The number of tetrazole rings is 1. The zero-order valence-electron chi connectivity index (χ0n) is 9.94. The third-order valence-electron chi connectivity index (χ3n) is 2.60. The molecule has 0 atom stereocenters. The Morgan fingerprint density at radius 1 is 1.11 bits per heavy atom. The third kappa shape index (κ3) is 2.95. The highest BCUT2D eigenvalue weighted by molar-refractivity contribution is 14.1. The molecule has 19 heavy (non-hydrogen) atoms. The Kier molecular flexibility index (Phi) is 3.49. The Morgan fingerprint density at radius 2 is 1.95 bits per heavy atom. The van der Waals surface area contributed by atoms with Gasteiger partial charge in [-0.2, -0.15) is 4.80 Å². The Balaban J connectivity index is 1.82. The van der Waals surface area contributed by atoms with E-state index in [2.05, 4.69) is 61.2 Å². The Hall–Kier alpha value is -1.83. The van der Waals surface area contributed by atoms with E-state index in [1.165, 1.54) is 3.57 Å². The molecule has 5 nitrogen and oxygen atoms in total. The molecule has 0 unspecified atom stereocenters. The molecular formula is C13H10IN5. The molecule has 2 aromatic heterocycles. The predicted octanol–water partition coefficient (Wildman–Crippen LogP) is 2.39. The largest absolute Gasteiger partial charge is 0.265 e. The zero-order valence-corrected chi connectivity index (χ0v) is 12.1. The van der Waals surface area contributed by atoms with Crippen LogP contribution in [0.15, 0.2) is 48.8 Å². The maximum Gasteiger partial charge on any atom is 0.205 e. The van der Waals surface area contributed by atoms with Crippen LogP contribution in [0.3, 0.4) is 0 Å². The standard InChI is InChI=1S/C13H10IN5/c14-12-3-1-2-10(8-12)9-19-17-13(16-18-19)11-4-6-15-7-5-11/h1-8H,9H2. The molecule has 6 heteroatoms. The fraction of sp³-hybridized carbons (Fsp3) is 0.0769. The number of rotatable bonds is 3.